The molecule has 25 heavy (non-hydrogen) atoms. The molecule has 0 atom stereocenters. The summed E-state index contributed by atoms with van der Waals surface area (Å²) in [4.78, 5) is 4.37. The molecular formula is C19H23N3O3. The maximum atomic E-state index is 5.98. The molecule has 0 saturated heterocycles. The van der Waals surface area contributed by atoms with Crippen molar-refractivity contribution in [2.75, 3.05) is 32.2 Å². The second-order valence-electron chi connectivity index (χ2n) is 5.71. The van der Waals surface area contributed by atoms with Gasteiger partial charge in [-0.2, -0.15) is 0 Å². The maximum Gasteiger partial charge on any atom is 0.193 e. The Bertz CT molecular complexity index is 746. The van der Waals surface area contributed by atoms with Gasteiger partial charge in [0.05, 0.1) is 20.3 Å². The molecule has 6 heteroatoms. The smallest absolute Gasteiger partial charge is 0.193 e. The van der Waals surface area contributed by atoms with Crippen molar-refractivity contribution in [3.05, 3.63) is 48.0 Å². The molecule has 0 saturated carbocycles. The summed E-state index contributed by atoms with van der Waals surface area (Å²) in [6.45, 7) is 1.92. The molecule has 132 valence electrons. The standard InChI is InChI=1S/C19H23N3O3/c1-23-16-5-2-4-14(12-16)8-9-21-19(20)22-15-6-7-17-18(13-15)25-11-3-10-24-17/h2,4-7,12-13H,3,8-11H2,1H3,(H3,20,21,22). The summed E-state index contributed by atoms with van der Waals surface area (Å²) in [5, 5.41) is 3.09. The number of nitrogens with one attached hydrogen (secondary N) is 1. The fourth-order valence-corrected chi connectivity index (χ4v) is 2.56. The second kappa shape index (κ2) is 8.28. The summed E-state index contributed by atoms with van der Waals surface area (Å²) in [5.41, 5.74) is 7.96. The van der Waals surface area contributed by atoms with E-state index in [-0.39, 0.29) is 0 Å². The van der Waals surface area contributed by atoms with Crippen molar-refractivity contribution in [1.82, 2.24) is 0 Å². The van der Waals surface area contributed by atoms with Gasteiger partial charge in [0.15, 0.2) is 17.5 Å². The lowest BCUT2D eigenvalue weighted by Gasteiger charge is -2.10. The quantitative estimate of drug-likeness (QED) is 0.646. The van der Waals surface area contributed by atoms with E-state index in [0.29, 0.717) is 25.7 Å². The summed E-state index contributed by atoms with van der Waals surface area (Å²) in [5.74, 6) is 2.71. The van der Waals surface area contributed by atoms with E-state index in [1.54, 1.807) is 7.11 Å². The van der Waals surface area contributed by atoms with Gasteiger partial charge in [-0.25, -0.2) is 0 Å². The molecule has 2 aromatic rings. The molecular weight excluding hydrogens is 318 g/mol. The minimum atomic E-state index is 0.373. The van der Waals surface area contributed by atoms with Gasteiger partial charge in [0.25, 0.3) is 0 Å². The summed E-state index contributed by atoms with van der Waals surface area (Å²) in [6, 6.07) is 13.6. The molecule has 0 bridgehead atoms. The third kappa shape index (κ3) is 4.79. The number of hydrogen-bond acceptors (Lipinski definition) is 4. The average molecular weight is 341 g/mol. The predicted octanol–water partition coefficient (Wildman–Crippen LogP) is 2.83. The number of nitrogens with two attached hydrogens (primary N) is 1. The molecule has 1 aliphatic heterocycles. The lowest BCUT2D eigenvalue weighted by atomic mass is 10.1. The Morgan fingerprint density at radius 3 is 2.84 bits per heavy atom. The Balaban J connectivity index is 1.57. The summed E-state index contributed by atoms with van der Waals surface area (Å²) < 4.78 is 16.5. The van der Waals surface area contributed by atoms with Crippen molar-refractivity contribution in [1.29, 1.82) is 0 Å². The minimum Gasteiger partial charge on any atom is -0.497 e. The van der Waals surface area contributed by atoms with Crippen LogP contribution in [0.5, 0.6) is 17.2 Å². The predicted molar refractivity (Wildman–Crippen MR) is 98.9 cm³/mol. The highest BCUT2D eigenvalue weighted by Gasteiger charge is 2.10. The van der Waals surface area contributed by atoms with Gasteiger partial charge >= 0.3 is 0 Å². The van der Waals surface area contributed by atoms with Crippen molar-refractivity contribution in [2.45, 2.75) is 12.8 Å². The molecule has 6 nitrogen and oxygen atoms in total. The fraction of sp³-hybridized carbons (Fsp3) is 0.316. The molecule has 2 aromatic carbocycles. The first-order valence-corrected chi connectivity index (χ1v) is 8.34. The number of anilines is 1. The number of ether oxygens (including phenoxy) is 3. The number of aliphatic imine (C=N–C) groups is 1. The molecule has 3 N–H and O–H groups in total. The number of methoxy groups -OCH3 is 1. The Kier molecular flexibility index (Phi) is 5.61. The first kappa shape index (κ1) is 17.0. The van der Waals surface area contributed by atoms with Crippen LogP contribution in [0, 0.1) is 0 Å². The number of fused-ring (bicyclic) bond motifs is 1. The summed E-state index contributed by atoms with van der Waals surface area (Å²) in [7, 11) is 1.66. The topological polar surface area (TPSA) is 78.1 Å². The molecule has 3 rings (SSSR count). The minimum absolute atomic E-state index is 0.373. The zero-order valence-corrected chi connectivity index (χ0v) is 14.3. The summed E-state index contributed by atoms with van der Waals surface area (Å²) in [6.07, 6.45) is 1.67. The third-order valence-corrected chi connectivity index (χ3v) is 3.84. The van der Waals surface area contributed by atoms with Crippen LogP contribution in [0.15, 0.2) is 47.5 Å². The second-order valence-corrected chi connectivity index (χ2v) is 5.71. The molecule has 0 amide bonds. The number of guanidine groups is 1. The number of hydrogen-bond donors (Lipinski definition) is 2. The lowest BCUT2D eigenvalue weighted by Crippen LogP contribution is -2.23. The van der Waals surface area contributed by atoms with Crippen molar-refractivity contribution in [2.24, 2.45) is 10.7 Å². The Labute approximate surface area is 147 Å². The molecule has 0 radical (unpaired) electrons. The van der Waals surface area contributed by atoms with Crippen LogP contribution in [0.2, 0.25) is 0 Å². The summed E-state index contributed by atoms with van der Waals surface area (Å²) >= 11 is 0. The first-order chi connectivity index (χ1) is 12.2. The van der Waals surface area contributed by atoms with Crippen LogP contribution < -0.4 is 25.3 Å². The van der Waals surface area contributed by atoms with Gasteiger partial charge in [0.2, 0.25) is 0 Å². The highest BCUT2D eigenvalue weighted by Crippen LogP contribution is 2.32. The van der Waals surface area contributed by atoms with Crippen LogP contribution >= 0.6 is 0 Å². The van der Waals surface area contributed by atoms with Crippen molar-refractivity contribution in [3.8, 4) is 17.2 Å². The van der Waals surface area contributed by atoms with E-state index in [4.69, 9.17) is 19.9 Å². The van der Waals surface area contributed by atoms with Gasteiger partial charge in [-0.3, -0.25) is 4.99 Å². The van der Waals surface area contributed by atoms with E-state index < -0.39 is 0 Å². The average Bonchev–Trinajstić information content (AvgIpc) is 2.87. The highest BCUT2D eigenvalue weighted by atomic mass is 16.5. The van der Waals surface area contributed by atoms with Gasteiger partial charge in [-0.05, 0) is 36.2 Å². The molecule has 0 unspecified atom stereocenters. The van der Waals surface area contributed by atoms with E-state index in [0.717, 1.165) is 41.3 Å². The van der Waals surface area contributed by atoms with Crippen LogP contribution in [0.1, 0.15) is 12.0 Å². The van der Waals surface area contributed by atoms with Crippen molar-refractivity contribution in [3.63, 3.8) is 0 Å². The Morgan fingerprint density at radius 2 is 2.00 bits per heavy atom. The van der Waals surface area contributed by atoms with Crippen molar-refractivity contribution >= 4 is 11.6 Å². The van der Waals surface area contributed by atoms with E-state index in [2.05, 4.69) is 10.3 Å². The van der Waals surface area contributed by atoms with Crippen LogP contribution in [0.3, 0.4) is 0 Å². The lowest BCUT2D eigenvalue weighted by molar-refractivity contribution is 0.297. The maximum absolute atomic E-state index is 5.98. The number of benzene rings is 2. The highest BCUT2D eigenvalue weighted by molar-refractivity contribution is 5.92. The largest absolute Gasteiger partial charge is 0.497 e. The monoisotopic (exact) mass is 341 g/mol. The van der Waals surface area contributed by atoms with E-state index in [1.807, 2.05) is 42.5 Å². The van der Waals surface area contributed by atoms with E-state index >= 15 is 0 Å². The normalized spacial score (nSPS) is 13.9. The zero-order chi connectivity index (χ0) is 17.5. The van der Waals surface area contributed by atoms with Crippen LogP contribution in [0.25, 0.3) is 0 Å². The molecule has 0 aliphatic carbocycles. The van der Waals surface area contributed by atoms with Gasteiger partial charge < -0.3 is 25.3 Å². The van der Waals surface area contributed by atoms with Gasteiger partial charge in [-0.1, -0.05) is 12.1 Å². The van der Waals surface area contributed by atoms with E-state index in [9.17, 15) is 0 Å². The molecule has 1 heterocycles. The SMILES string of the molecule is COc1cccc(CCN=C(N)Nc2ccc3c(c2)OCCCO3)c1. The Hall–Kier alpha value is -2.89. The van der Waals surface area contributed by atoms with Gasteiger partial charge in [-0.15, -0.1) is 0 Å². The zero-order valence-electron chi connectivity index (χ0n) is 14.3. The number of rotatable bonds is 5. The molecule has 0 aromatic heterocycles. The van der Waals surface area contributed by atoms with Crippen LogP contribution in [0.4, 0.5) is 5.69 Å². The van der Waals surface area contributed by atoms with Crippen LogP contribution in [-0.2, 0) is 6.42 Å². The van der Waals surface area contributed by atoms with E-state index in [1.165, 1.54) is 0 Å². The van der Waals surface area contributed by atoms with Gasteiger partial charge in [0, 0.05) is 24.7 Å². The fourth-order valence-electron chi connectivity index (χ4n) is 2.56. The third-order valence-electron chi connectivity index (χ3n) is 3.84. The Morgan fingerprint density at radius 1 is 1.16 bits per heavy atom. The van der Waals surface area contributed by atoms with Gasteiger partial charge in [0.1, 0.15) is 5.75 Å². The first-order valence-electron chi connectivity index (χ1n) is 8.34. The number of nitrogens with zero attached hydrogens (tertiary/aromatic N) is 1. The molecule has 0 fully saturated rings. The van der Waals surface area contributed by atoms with Crippen molar-refractivity contribution < 1.29 is 14.2 Å². The van der Waals surface area contributed by atoms with Crippen LogP contribution in [-0.4, -0.2) is 32.8 Å². The molecule has 1 aliphatic rings. The molecule has 0 spiro atoms.